The number of aliphatic hydroxyl groups excluding tert-OH is 1. The van der Waals surface area contributed by atoms with E-state index in [2.05, 4.69) is 14.9 Å². The van der Waals surface area contributed by atoms with E-state index in [4.69, 9.17) is 0 Å². The van der Waals surface area contributed by atoms with Gasteiger partial charge < -0.3 is 14.2 Å². The van der Waals surface area contributed by atoms with Crippen molar-refractivity contribution in [3.63, 3.8) is 0 Å². The van der Waals surface area contributed by atoms with Gasteiger partial charge in [0.2, 0.25) is 10.0 Å². The molecule has 9 heteroatoms. The molecule has 0 aliphatic carbocycles. The molecule has 0 unspecified atom stereocenters. The van der Waals surface area contributed by atoms with Gasteiger partial charge in [0.1, 0.15) is 12.2 Å². The highest BCUT2D eigenvalue weighted by Gasteiger charge is 2.19. The van der Waals surface area contributed by atoms with Gasteiger partial charge in [-0.05, 0) is 19.9 Å². The fourth-order valence-electron chi connectivity index (χ4n) is 1.96. The van der Waals surface area contributed by atoms with Crippen LogP contribution in [0.15, 0.2) is 23.5 Å². The van der Waals surface area contributed by atoms with Gasteiger partial charge in [-0.15, -0.1) is 10.2 Å². The maximum absolute atomic E-state index is 12.3. The molecule has 0 saturated heterocycles. The molecule has 0 saturated carbocycles. The first-order chi connectivity index (χ1) is 9.85. The first-order valence-electron chi connectivity index (χ1n) is 6.49. The molecular weight excluding hydrogens is 294 g/mol. The lowest BCUT2D eigenvalue weighted by Crippen LogP contribution is -2.24. The summed E-state index contributed by atoms with van der Waals surface area (Å²) in [4.78, 5) is 0.127. The van der Waals surface area contributed by atoms with Gasteiger partial charge in [0, 0.05) is 25.0 Å². The molecule has 2 rings (SSSR count). The summed E-state index contributed by atoms with van der Waals surface area (Å²) in [6, 6.07) is 1.54. The van der Waals surface area contributed by atoms with E-state index < -0.39 is 10.0 Å². The number of hydrogen-bond acceptors (Lipinski definition) is 5. The molecule has 0 spiro atoms. The Labute approximate surface area is 123 Å². The standard InChI is InChI=1S/C12H19N5O3S/c1-9(2)17-6-11(4-10(17)7-18)21(19,20)14-5-12-15-13-8-16(12)3/h4,6,8-9,14,18H,5,7H2,1-3H3. The maximum Gasteiger partial charge on any atom is 0.242 e. The molecular formula is C12H19N5O3S. The van der Waals surface area contributed by atoms with E-state index in [0.29, 0.717) is 11.5 Å². The van der Waals surface area contributed by atoms with Crippen LogP contribution in [-0.2, 0) is 30.2 Å². The van der Waals surface area contributed by atoms with Crippen LogP contribution >= 0.6 is 0 Å². The Morgan fingerprint density at radius 2 is 2.14 bits per heavy atom. The number of aryl methyl sites for hydroxylation is 1. The van der Waals surface area contributed by atoms with Crippen LogP contribution in [-0.4, -0.2) is 32.9 Å². The molecule has 2 aromatic rings. The van der Waals surface area contributed by atoms with Crippen molar-refractivity contribution < 1.29 is 13.5 Å². The largest absolute Gasteiger partial charge is 0.390 e. The van der Waals surface area contributed by atoms with Gasteiger partial charge in [0.05, 0.1) is 18.0 Å². The predicted octanol–water partition coefficient (Wildman–Crippen LogP) is 0.168. The Bertz CT molecular complexity index is 717. The van der Waals surface area contributed by atoms with Crippen molar-refractivity contribution in [2.24, 2.45) is 7.05 Å². The molecule has 0 aliphatic rings. The van der Waals surface area contributed by atoms with Gasteiger partial charge >= 0.3 is 0 Å². The summed E-state index contributed by atoms with van der Waals surface area (Å²) in [5, 5.41) is 16.8. The monoisotopic (exact) mass is 313 g/mol. The molecule has 116 valence electrons. The van der Waals surface area contributed by atoms with Crippen LogP contribution in [0.1, 0.15) is 31.4 Å². The van der Waals surface area contributed by atoms with Gasteiger partial charge in [-0.1, -0.05) is 0 Å². The molecule has 21 heavy (non-hydrogen) atoms. The van der Waals surface area contributed by atoms with Crippen molar-refractivity contribution >= 4 is 10.0 Å². The summed E-state index contributed by atoms with van der Waals surface area (Å²) >= 11 is 0. The number of nitrogens with one attached hydrogen (secondary N) is 1. The maximum atomic E-state index is 12.3. The zero-order chi connectivity index (χ0) is 15.6. The fraction of sp³-hybridized carbons (Fsp3) is 0.500. The average molecular weight is 313 g/mol. The quantitative estimate of drug-likeness (QED) is 0.791. The average Bonchev–Trinajstić information content (AvgIpc) is 3.02. The van der Waals surface area contributed by atoms with E-state index in [1.165, 1.54) is 18.6 Å². The lowest BCUT2D eigenvalue weighted by Gasteiger charge is -2.10. The first kappa shape index (κ1) is 15.7. The molecule has 0 atom stereocenters. The number of nitrogens with zero attached hydrogens (tertiary/aromatic N) is 4. The number of sulfonamides is 1. The Kier molecular flexibility index (Phi) is 4.45. The van der Waals surface area contributed by atoms with Gasteiger partial charge in [-0.25, -0.2) is 13.1 Å². The van der Waals surface area contributed by atoms with Crippen LogP contribution in [0.3, 0.4) is 0 Å². The highest BCUT2D eigenvalue weighted by Crippen LogP contribution is 2.19. The first-order valence-corrected chi connectivity index (χ1v) is 7.97. The molecule has 0 bridgehead atoms. The van der Waals surface area contributed by atoms with Crippen molar-refractivity contribution in [1.82, 2.24) is 24.1 Å². The number of aromatic nitrogens is 4. The topological polar surface area (TPSA) is 102 Å². The molecule has 0 aliphatic heterocycles. The van der Waals surface area contributed by atoms with E-state index in [9.17, 15) is 13.5 Å². The second kappa shape index (κ2) is 5.96. The highest BCUT2D eigenvalue weighted by molar-refractivity contribution is 7.89. The molecule has 0 fully saturated rings. The van der Waals surface area contributed by atoms with Gasteiger partial charge in [0.15, 0.2) is 0 Å². The lowest BCUT2D eigenvalue weighted by atomic mass is 10.3. The normalized spacial score (nSPS) is 12.2. The minimum atomic E-state index is -3.66. The van der Waals surface area contributed by atoms with E-state index >= 15 is 0 Å². The van der Waals surface area contributed by atoms with Crippen LogP contribution in [0.25, 0.3) is 0 Å². The predicted molar refractivity (Wildman–Crippen MR) is 75.8 cm³/mol. The van der Waals surface area contributed by atoms with Crippen molar-refractivity contribution in [2.45, 2.75) is 37.9 Å². The molecule has 8 nitrogen and oxygen atoms in total. The third-order valence-electron chi connectivity index (χ3n) is 3.16. The zero-order valence-electron chi connectivity index (χ0n) is 12.2. The van der Waals surface area contributed by atoms with Crippen LogP contribution in [0.2, 0.25) is 0 Å². The Morgan fingerprint density at radius 1 is 1.43 bits per heavy atom. The summed E-state index contributed by atoms with van der Waals surface area (Å²) in [5.41, 5.74) is 0.559. The van der Waals surface area contributed by atoms with Crippen molar-refractivity contribution in [3.8, 4) is 0 Å². The number of hydrogen-bond donors (Lipinski definition) is 2. The fourth-order valence-corrected chi connectivity index (χ4v) is 2.99. The van der Waals surface area contributed by atoms with Gasteiger partial charge in [0.25, 0.3) is 0 Å². The van der Waals surface area contributed by atoms with E-state index in [1.807, 2.05) is 13.8 Å². The third-order valence-corrected chi connectivity index (χ3v) is 4.53. The van der Waals surface area contributed by atoms with E-state index in [0.717, 1.165) is 0 Å². The van der Waals surface area contributed by atoms with Crippen LogP contribution < -0.4 is 4.72 Å². The van der Waals surface area contributed by atoms with E-state index in [-0.39, 0.29) is 24.1 Å². The minimum Gasteiger partial charge on any atom is -0.390 e. The lowest BCUT2D eigenvalue weighted by molar-refractivity contribution is 0.268. The van der Waals surface area contributed by atoms with Crippen molar-refractivity contribution in [2.75, 3.05) is 0 Å². The SMILES string of the molecule is CC(C)n1cc(S(=O)(=O)NCc2nncn2C)cc1CO. The Morgan fingerprint density at radius 3 is 2.62 bits per heavy atom. The van der Waals surface area contributed by atoms with Crippen LogP contribution in [0, 0.1) is 0 Å². The molecule has 0 amide bonds. The smallest absolute Gasteiger partial charge is 0.242 e. The second-order valence-corrected chi connectivity index (χ2v) is 6.78. The van der Waals surface area contributed by atoms with Crippen molar-refractivity contribution in [3.05, 3.63) is 30.1 Å². The van der Waals surface area contributed by atoms with Crippen LogP contribution in [0.4, 0.5) is 0 Å². The molecule has 2 heterocycles. The zero-order valence-corrected chi connectivity index (χ0v) is 13.0. The molecule has 0 radical (unpaired) electrons. The van der Waals surface area contributed by atoms with Crippen molar-refractivity contribution in [1.29, 1.82) is 0 Å². The summed E-state index contributed by atoms with van der Waals surface area (Å²) in [5.74, 6) is 0.518. The Hall–Kier alpha value is -1.71. The number of aliphatic hydroxyl groups is 1. The highest BCUT2D eigenvalue weighted by atomic mass is 32.2. The minimum absolute atomic E-state index is 0.0557. The summed E-state index contributed by atoms with van der Waals surface area (Å²) in [7, 11) is -1.92. The number of rotatable bonds is 6. The van der Waals surface area contributed by atoms with Gasteiger partial charge in [-0.2, -0.15) is 0 Å². The third kappa shape index (κ3) is 3.31. The second-order valence-electron chi connectivity index (χ2n) is 5.01. The van der Waals surface area contributed by atoms with Crippen LogP contribution in [0.5, 0.6) is 0 Å². The summed E-state index contributed by atoms with van der Waals surface area (Å²) in [6.45, 7) is 3.68. The molecule has 2 N–H and O–H groups in total. The summed E-state index contributed by atoms with van der Waals surface area (Å²) < 4.78 is 30.4. The molecule has 2 aromatic heterocycles. The van der Waals surface area contributed by atoms with Gasteiger partial charge in [-0.3, -0.25) is 0 Å². The Balaban J connectivity index is 2.21. The van der Waals surface area contributed by atoms with E-state index in [1.54, 1.807) is 16.2 Å². The molecule has 0 aromatic carbocycles. The summed E-state index contributed by atoms with van der Waals surface area (Å²) in [6.07, 6.45) is 3.03.